The Kier molecular flexibility index (Phi) is 5.60. The monoisotopic (exact) mass is 425 g/mol. The van der Waals surface area contributed by atoms with E-state index in [1.54, 1.807) is 54.7 Å². The molecule has 6 heteroatoms. The summed E-state index contributed by atoms with van der Waals surface area (Å²) in [7, 11) is 0. The predicted octanol–water partition coefficient (Wildman–Crippen LogP) is 4.82. The highest BCUT2D eigenvalue weighted by Gasteiger charge is 2.16. The van der Waals surface area contributed by atoms with Crippen molar-refractivity contribution in [3.63, 3.8) is 0 Å². The molecule has 0 saturated carbocycles. The molecule has 0 atom stereocenters. The van der Waals surface area contributed by atoms with E-state index in [2.05, 4.69) is 10.6 Å². The van der Waals surface area contributed by atoms with Gasteiger partial charge in [0, 0.05) is 41.0 Å². The van der Waals surface area contributed by atoms with Crippen LogP contribution in [-0.4, -0.2) is 16.4 Å². The van der Waals surface area contributed by atoms with Crippen LogP contribution in [-0.2, 0) is 4.79 Å². The third kappa shape index (κ3) is 4.16. The number of hydrogen-bond donors (Lipinski definition) is 2. The van der Waals surface area contributed by atoms with Crippen LogP contribution in [0.5, 0.6) is 0 Å². The number of aromatic nitrogens is 1. The molecule has 0 bridgehead atoms. The molecule has 0 unspecified atom stereocenters. The molecule has 0 saturated heterocycles. The van der Waals surface area contributed by atoms with E-state index < -0.39 is 0 Å². The van der Waals surface area contributed by atoms with Crippen molar-refractivity contribution in [2.75, 3.05) is 10.6 Å². The molecule has 2 N–H and O–H groups in total. The molecule has 0 aliphatic rings. The third-order valence-electron chi connectivity index (χ3n) is 5.38. The van der Waals surface area contributed by atoms with Gasteiger partial charge in [-0.25, -0.2) is 0 Å². The van der Waals surface area contributed by atoms with E-state index in [1.165, 1.54) is 11.5 Å². The first-order valence-corrected chi connectivity index (χ1v) is 10.2. The predicted molar refractivity (Wildman–Crippen MR) is 128 cm³/mol. The summed E-state index contributed by atoms with van der Waals surface area (Å²) in [6.07, 6.45) is 1.59. The average Bonchev–Trinajstić information content (AvgIpc) is 2.76. The van der Waals surface area contributed by atoms with Gasteiger partial charge in [-0.1, -0.05) is 30.3 Å². The van der Waals surface area contributed by atoms with Gasteiger partial charge >= 0.3 is 0 Å². The Morgan fingerprint density at radius 2 is 1.47 bits per heavy atom. The van der Waals surface area contributed by atoms with Crippen molar-refractivity contribution in [3.8, 4) is 5.69 Å². The molecule has 160 valence electrons. The lowest BCUT2D eigenvalue weighted by Crippen LogP contribution is -2.22. The Bertz CT molecular complexity index is 1420. The van der Waals surface area contributed by atoms with Crippen molar-refractivity contribution in [1.29, 1.82) is 0 Å². The maximum Gasteiger partial charge on any atom is 0.262 e. The van der Waals surface area contributed by atoms with Crippen LogP contribution in [0.4, 0.5) is 11.4 Å². The van der Waals surface area contributed by atoms with Crippen molar-refractivity contribution in [2.24, 2.45) is 0 Å². The van der Waals surface area contributed by atoms with Crippen molar-refractivity contribution in [2.45, 2.75) is 20.8 Å². The second kappa shape index (κ2) is 8.51. The summed E-state index contributed by atoms with van der Waals surface area (Å²) in [5.41, 5.74) is 4.19. The van der Waals surface area contributed by atoms with Crippen molar-refractivity contribution >= 4 is 34.0 Å². The van der Waals surface area contributed by atoms with E-state index in [-0.39, 0.29) is 17.4 Å². The van der Waals surface area contributed by atoms with Gasteiger partial charge in [-0.05, 0) is 61.4 Å². The number of rotatable bonds is 4. The molecule has 2 amide bonds. The molecule has 0 fully saturated rings. The van der Waals surface area contributed by atoms with Gasteiger partial charge < -0.3 is 10.6 Å². The number of amides is 2. The fourth-order valence-corrected chi connectivity index (χ4v) is 3.62. The van der Waals surface area contributed by atoms with E-state index in [9.17, 15) is 14.4 Å². The Balaban J connectivity index is 1.80. The van der Waals surface area contributed by atoms with Gasteiger partial charge in [0.1, 0.15) is 0 Å². The molecule has 0 spiro atoms. The lowest BCUT2D eigenvalue weighted by molar-refractivity contribution is -0.114. The van der Waals surface area contributed by atoms with Gasteiger partial charge in [-0.2, -0.15) is 0 Å². The number of pyridine rings is 1. The first kappa shape index (κ1) is 21.1. The summed E-state index contributed by atoms with van der Waals surface area (Å²) in [5.74, 6) is -0.543. The summed E-state index contributed by atoms with van der Waals surface area (Å²) in [6, 6.07) is 19.8. The SMILES string of the molecule is CC(=O)Nc1cccc(NC(=O)c2cn(-c3ccc(C)c(C)c3)c(=O)c3ccccc23)c1. The van der Waals surface area contributed by atoms with Gasteiger partial charge in [-0.15, -0.1) is 0 Å². The van der Waals surface area contributed by atoms with Crippen LogP contribution >= 0.6 is 0 Å². The molecule has 6 nitrogen and oxygen atoms in total. The van der Waals surface area contributed by atoms with Crippen LogP contribution in [0.2, 0.25) is 0 Å². The number of carbonyl (C=O) groups excluding carboxylic acids is 2. The highest BCUT2D eigenvalue weighted by Crippen LogP contribution is 2.21. The van der Waals surface area contributed by atoms with E-state index in [4.69, 9.17) is 0 Å². The Labute approximate surface area is 185 Å². The first-order chi connectivity index (χ1) is 15.3. The Morgan fingerprint density at radius 1 is 0.781 bits per heavy atom. The molecule has 32 heavy (non-hydrogen) atoms. The van der Waals surface area contributed by atoms with Crippen LogP contribution in [0.25, 0.3) is 16.5 Å². The minimum absolute atomic E-state index is 0.187. The molecule has 0 aliphatic heterocycles. The fraction of sp³-hybridized carbons (Fsp3) is 0.115. The number of nitrogens with zero attached hydrogens (tertiary/aromatic N) is 1. The summed E-state index contributed by atoms with van der Waals surface area (Å²) in [4.78, 5) is 37.8. The minimum atomic E-state index is -0.348. The molecule has 1 aromatic heterocycles. The van der Waals surface area contributed by atoms with Crippen LogP contribution in [0, 0.1) is 13.8 Å². The lowest BCUT2D eigenvalue weighted by atomic mass is 10.1. The van der Waals surface area contributed by atoms with Crippen LogP contribution in [0.15, 0.2) is 77.7 Å². The number of hydrogen-bond acceptors (Lipinski definition) is 3. The van der Waals surface area contributed by atoms with Crippen molar-refractivity contribution in [3.05, 3.63) is 100.0 Å². The molecule has 4 aromatic rings. The molecular formula is C26H23N3O3. The van der Waals surface area contributed by atoms with E-state index >= 15 is 0 Å². The third-order valence-corrected chi connectivity index (χ3v) is 5.38. The summed E-state index contributed by atoms with van der Waals surface area (Å²) in [5, 5.41) is 6.62. The zero-order valence-electron chi connectivity index (χ0n) is 18.1. The zero-order valence-corrected chi connectivity index (χ0v) is 18.1. The zero-order chi connectivity index (χ0) is 22.8. The maximum absolute atomic E-state index is 13.3. The second-order valence-electron chi connectivity index (χ2n) is 7.75. The smallest absolute Gasteiger partial charge is 0.262 e. The Hall–Kier alpha value is -4.19. The van der Waals surface area contributed by atoms with Crippen molar-refractivity contribution in [1.82, 2.24) is 4.57 Å². The normalized spacial score (nSPS) is 10.7. The Morgan fingerprint density at radius 3 is 2.16 bits per heavy atom. The van der Waals surface area contributed by atoms with E-state index in [0.29, 0.717) is 33.4 Å². The number of carbonyl (C=O) groups is 2. The number of anilines is 2. The maximum atomic E-state index is 13.3. The highest BCUT2D eigenvalue weighted by molar-refractivity contribution is 6.12. The van der Waals surface area contributed by atoms with Crippen molar-refractivity contribution < 1.29 is 9.59 Å². The van der Waals surface area contributed by atoms with Gasteiger partial charge in [-0.3, -0.25) is 19.0 Å². The standard InChI is InChI=1S/C26H23N3O3/c1-16-11-12-21(13-17(16)2)29-15-24(22-9-4-5-10-23(22)26(29)32)25(31)28-20-8-6-7-19(14-20)27-18(3)30/h4-15H,1-3H3,(H,27,30)(H,28,31). The number of aryl methyl sites for hydroxylation is 2. The van der Waals surface area contributed by atoms with Crippen LogP contribution in [0.1, 0.15) is 28.4 Å². The number of nitrogens with one attached hydrogen (secondary N) is 2. The van der Waals surface area contributed by atoms with Crippen LogP contribution < -0.4 is 16.2 Å². The van der Waals surface area contributed by atoms with Gasteiger partial charge in [0.15, 0.2) is 0 Å². The summed E-state index contributed by atoms with van der Waals surface area (Å²) in [6.45, 7) is 5.42. The molecule has 4 rings (SSSR count). The molecule has 1 heterocycles. The van der Waals surface area contributed by atoms with Gasteiger partial charge in [0.2, 0.25) is 5.91 Å². The number of benzene rings is 3. The van der Waals surface area contributed by atoms with E-state index in [0.717, 1.165) is 11.1 Å². The first-order valence-electron chi connectivity index (χ1n) is 10.2. The number of fused-ring (bicyclic) bond motifs is 1. The van der Waals surface area contributed by atoms with E-state index in [1.807, 2.05) is 32.0 Å². The largest absolute Gasteiger partial charge is 0.326 e. The summed E-state index contributed by atoms with van der Waals surface area (Å²) >= 11 is 0. The lowest BCUT2D eigenvalue weighted by Gasteiger charge is -2.14. The van der Waals surface area contributed by atoms with Gasteiger partial charge in [0.05, 0.1) is 5.56 Å². The minimum Gasteiger partial charge on any atom is -0.326 e. The highest BCUT2D eigenvalue weighted by atomic mass is 16.2. The van der Waals surface area contributed by atoms with Crippen LogP contribution in [0.3, 0.4) is 0 Å². The topological polar surface area (TPSA) is 80.2 Å². The summed E-state index contributed by atoms with van der Waals surface area (Å²) < 4.78 is 1.51. The average molecular weight is 425 g/mol. The molecule has 0 aliphatic carbocycles. The second-order valence-corrected chi connectivity index (χ2v) is 7.75. The molecule has 3 aromatic carbocycles. The quantitative estimate of drug-likeness (QED) is 0.492. The fourth-order valence-electron chi connectivity index (χ4n) is 3.62. The van der Waals surface area contributed by atoms with Gasteiger partial charge in [0.25, 0.3) is 11.5 Å². The molecule has 0 radical (unpaired) electrons. The molecular weight excluding hydrogens is 402 g/mol.